The lowest BCUT2D eigenvalue weighted by Crippen LogP contribution is -2.60. The molecule has 3 N–H and O–H groups in total. The molecule has 3 unspecified atom stereocenters. The standard InChI is InChI=1S/C12H18N6O/c1-3-19-9-5-8(13)11(9)17-10-4-7(2)16-12-14-6-15-18(10)12/h4,6,8-9,11,17H,3,5,13H2,1-2H3. The first-order chi connectivity index (χ1) is 9.19. The van der Waals surface area contributed by atoms with Crippen LogP contribution in [0, 0.1) is 6.92 Å². The van der Waals surface area contributed by atoms with E-state index in [0.29, 0.717) is 12.4 Å². The van der Waals surface area contributed by atoms with E-state index in [2.05, 4.69) is 20.4 Å². The maximum absolute atomic E-state index is 6.05. The highest BCUT2D eigenvalue weighted by Crippen LogP contribution is 2.26. The smallest absolute Gasteiger partial charge is 0.254 e. The van der Waals surface area contributed by atoms with E-state index in [4.69, 9.17) is 10.5 Å². The van der Waals surface area contributed by atoms with Crippen molar-refractivity contribution in [2.75, 3.05) is 11.9 Å². The van der Waals surface area contributed by atoms with Crippen molar-refractivity contribution in [2.24, 2.45) is 5.73 Å². The van der Waals surface area contributed by atoms with Gasteiger partial charge in [-0.15, -0.1) is 0 Å². The van der Waals surface area contributed by atoms with Gasteiger partial charge in [-0.05, 0) is 20.3 Å². The number of nitrogens with zero attached hydrogens (tertiary/aromatic N) is 4. The summed E-state index contributed by atoms with van der Waals surface area (Å²) in [5.74, 6) is 1.44. The minimum absolute atomic E-state index is 0.101. The summed E-state index contributed by atoms with van der Waals surface area (Å²) in [6.07, 6.45) is 2.54. The van der Waals surface area contributed by atoms with Crippen LogP contribution in [0.5, 0.6) is 0 Å². The molecule has 0 radical (unpaired) electrons. The second kappa shape index (κ2) is 4.75. The summed E-state index contributed by atoms with van der Waals surface area (Å²) >= 11 is 0. The van der Waals surface area contributed by atoms with E-state index in [0.717, 1.165) is 17.9 Å². The first kappa shape index (κ1) is 12.3. The van der Waals surface area contributed by atoms with Gasteiger partial charge in [-0.1, -0.05) is 0 Å². The summed E-state index contributed by atoms with van der Waals surface area (Å²) in [4.78, 5) is 8.41. The number of aromatic nitrogens is 4. The van der Waals surface area contributed by atoms with Crippen molar-refractivity contribution in [3.8, 4) is 0 Å². The summed E-state index contributed by atoms with van der Waals surface area (Å²) < 4.78 is 7.34. The third-order valence-electron chi connectivity index (χ3n) is 3.44. The highest BCUT2D eigenvalue weighted by atomic mass is 16.5. The zero-order chi connectivity index (χ0) is 13.4. The number of nitrogens with one attached hydrogen (secondary N) is 1. The Morgan fingerprint density at radius 1 is 1.58 bits per heavy atom. The average molecular weight is 262 g/mol. The van der Waals surface area contributed by atoms with Crippen molar-refractivity contribution in [3.05, 3.63) is 18.1 Å². The first-order valence-corrected chi connectivity index (χ1v) is 6.50. The van der Waals surface area contributed by atoms with Gasteiger partial charge in [0.2, 0.25) is 0 Å². The molecule has 0 aliphatic heterocycles. The number of rotatable bonds is 4. The molecule has 0 spiro atoms. The Labute approximate surface area is 111 Å². The topological polar surface area (TPSA) is 90.4 Å². The fourth-order valence-corrected chi connectivity index (χ4v) is 2.43. The number of aryl methyl sites for hydroxylation is 1. The molecule has 0 amide bonds. The Morgan fingerprint density at radius 3 is 3.16 bits per heavy atom. The Bertz CT molecular complexity index is 581. The van der Waals surface area contributed by atoms with Crippen LogP contribution in [0.3, 0.4) is 0 Å². The largest absolute Gasteiger partial charge is 0.376 e. The first-order valence-electron chi connectivity index (χ1n) is 6.50. The summed E-state index contributed by atoms with van der Waals surface area (Å²) in [7, 11) is 0. The van der Waals surface area contributed by atoms with Gasteiger partial charge in [0.15, 0.2) is 0 Å². The fraction of sp³-hybridized carbons (Fsp3) is 0.583. The van der Waals surface area contributed by atoms with Crippen molar-refractivity contribution in [3.63, 3.8) is 0 Å². The van der Waals surface area contributed by atoms with Gasteiger partial charge < -0.3 is 15.8 Å². The minimum Gasteiger partial charge on any atom is -0.376 e. The van der Waals surface area contributed by atoms with E-state index in [-0.39, 0.29) is 18.2 Å². The van der Waals surface area contributed by atoms with Crippen molar-refractivity contribution in [2.45, 2.75) is 38.5 Å². The number of ether oxygens (including phenoxy) is 1. The second-order valence-electron chi connectivity index (χ2n) is 4.82. The van der Waals surface area contributed by atoms with Crippen LogP contribution >= 0.6 is 0 Å². The quantitative estimate of drug-likeness (QED) is 0.826. The highest BCUT2D eigenvalue weighted by molar-refractivity contribution is 5.46. The molecular formula is C12H18N6O. The lowest BCUT2D eigenvalue weighted by atomic mass is 9.83. The number of hydrogen-bond acceptors (Lipinski definition) is 6. The number of anilines is 1. The van der Waals surface area contributed by atoms with Crippen LogP contribution in [-0.4, -0.2) is 44.4 Å². The van der Waals surface area contributed by atoms with Crippen LogP contribution in [0.15, 0.2) is 12.4 Å². The van der Waals surface area contributed by atoms with Crippen molar-refractivity contribution in [1.82, 2.24) is 19.6 Å². The number of nitrogens with two attached hydrogens (primary N) is 1. The van der Waals surface area contributed by atoms with Crippen LogP contribution < -0.4 is 11.1 Å². The molecule has 3 atom stereocenters. The van der Waals surface area contributed by atoms with Gasteiger partial charge in [0.1, 0.15) is 12.1 Å². The van der Waals surface area contributed by atoms with Crippen LogP contribution in [0.2, 0.25) is 0 Å². The predicted molar refractivity (Wildman–Crippen MR) is 70.9 cm³/mol. The molecule has 2 aromatic rings. The van der Waals surface area contributed by atoms with Crippen molar-refractivity contribution in [1.29, 1.82) is 0 Å². The summed E-state index contributed by atoms with van der Waals surface area (Å²) in [5.41, 5.74) is 6.94. The summed E-state index contributed by atoms with van der Waals surface area (Å²) in [6.45, 7) is 4.62. The van der Waals surface area contributed by atoms with Crippen LogP contribution in [0.1, 0.15) is 19.0 Å². The van der Waals surface area contributed by atoms with Crippen molar-refractivity contribution >= 4 is 11.6 Å². The number of fused-ring (bicyclic) bond motifs is 1. The minimum atomic E-state index is 0.101. The SMILES string of the molecule is CCOC1CC(N)C1Nc1cc(C)nc2ncnn12. The molecule has 0 saturated heterocycles. The average Bonchev–Trinajstić information content (AvgIpc) is 2.83. The normalized spacial score (nSPS) is 26.4. The Kier molecular flexibility index (Phi) is 3.08. The van der Waals surface area contributed by atoms with E-state index in [9.17, 15) is 0 Å². The van der Waals surface area contributed by atoms with Gasteiger partial charge in [-0.25, -0.2) is 4.98 Å². The molecular weight excluding hydrogens is 244 g/mol. The van der Waals surface area contributed by atoms with E-state index in [1.54, 1.807) is 4.52 Å². The molecule has 19 heavy (non-hydrogen) atoms. The van der Waals surface area contributed by atoms with Gasteiger partial charge in [-0.3, -0.25) is 0 Å². The molecule has 3 rings (SSSR count). The molecule has 0 aromatic carbocycles. The fourth-order valence-electron chi connectivity index (χ4n) is 2.43. The Hall–Kier alpha value is -1.73. The Morgan fingerprint density at radius 2 is 2.42 bits per heavy atom. The zero-order valence-electron chi connectivity index (χ0n) is 11.1. The molecule has 7 nitrogen and oxygen atoms in total. The van der Waals surface area contributed by atoms with Gasteiger partial charge in [0.05, 0.1) is 12.1 Å². The Balaban J connectivity index is 1.86. The highest BCUT2D eigenvalue weighted by Gasteiger charge is 2.39. The monoisotopic (exact) mass is 262 g/mol. The van der Waals surface area contributed by atoms with E-state index < -0.39 is 0 Å². The number of hydrogen-bond donors (Lipinski definition) is 2. The molecule has 1 fully saturated rings. The van der Waals surface area contributed by atoms with Gasteiger partial charge in [0, 0.05) is 24.4 Å². The third kappa shape index (κ3) is 2.15. The van der Waals surface area contributed by atoms with Crippen molar-refractivity contribution < 1.29 is 4.74 Å². The molecule has 2 heterocycles. The molecule has 7 heteroatoms. The molecule has 0 bridgehead atoms. The predicted octanol–water partition coefficient (Wildman–Crippen LogP) is 0.349. The van der Waals surface area contributed by atoms with Gasteiger partial charge >= 0.3 is 0 Å². The maximum Gasteiger partial charge on any atom is 0.254 e. The van der Waals surface area contributed by atoms with Gasteiger partial charge in [0.25, 0.3) is 5.78 Å². The second-order valence-corrected chi connectivity index (χ2v) is 4.82. The summed E-state index contributed by atoms with van der Waals surface area (Å²) in [6, 6.07) is 2.15. The van der Waals surface area contributed by atoms with Gasteiger partial charge in [-0.2, -0.15) is 14.6 Å². The maximum atomic E-state index is 6.05. The van der Waals surface area contributed by atoms with Crippen LogP contribution in [0.25, 0.3) is 5.78 Å². The molecule has 1 aliphatic rings. The van der Waals surface area contributed by atoms with Crippen LogP contribution in [-0.2, 0) is 4.74 Å². The third-order valence-corrected chi connectivity index (χ3v) is 3.44. The molecule has 1 aliphatic carbocycles. The molecule has 2 aromatic heterocycles. The zero-order valence-corrected chi connectivity index (χ0v) is 11.1. The van der Waals surface area contributed by atoms with E-state index in [1.807, 2.05) is 19.9 Å². The van der Waals surface area contributed by atoms with E-state index >= 15 is 0 Å². The molecule has 102 valence electrons. The lowest BCUT2D eigenvalue weighted by molar-refractivity contribution is -0.0127. The van der Waals surface area contributed by atoms with Crippen LogP contribution in [0.4, 0.5) is 5.82 Å². The lowest BCUT2D eigenvalue weighted by Gasteiger charge is -2.42. The van der Waals surface area contributed by atoms with E-state index in [1.165, 1.54) is 6.33 Å². The molecule has 1 saturated carbocycles. The summed E-state index contributed by atoms with van der Waals surface area (Å²) in [5, 5.41) is 7.57.